The Morgan fingerprint density at radius 2 is 2.38 bits per heavy atom. The lowest BCUT2D eigenvalue weighted by Crippen LogP contribution is -2.41. The third-order valence-corrected chi connectivity index (χ3v) is 3.73. The first-order valence-corrected chi connectivity index (χ1v) is 5.75. The summed E-state index contributed by atoms with van der Waals surface area (Å²) in [6.45, 7) is 2.17. The second kappa shape index (κ2) is 4.12. The van der Waals surface area contributed by atoms with Gasteiger partial charge in [0.1, 0.15) is 11.9 Å². The first-order chi connectivity index (χ1) is 7.72. The second-order valence-electron chi connectivity index (χ2n) is 4.53. The summed E-state index contributed by atoms with van der Waals surface area (Å²) in [4.78, 5) is 11.5. The fourth-order valence-electron chi connectivity index (χ4n) is 2.52. The standard InChI is InChI=1S/C11H16N4O/c1-2-9-3-5-11(7-12,6-4-9)15-8-13-14-10(15)16/h8-9H,2-6H2,1H3,(H,14,16). The van der Waals surface area contributed by atoms with Gasteiger partial charge in [-0.2, -0.15) is 10.4 Å². The van der Waals surface area contributed by atoms with E-state index in [1.807, 2.05) is 0 Å². The van der Waals surface area contributed by atoms with Gasteiger partial charge in [0.2, 0.25) is 0 Å². The fourth-order valence-corrected chi connectivity index (χ4v) is 2.52. The maximum Gasteiger partial charge on any atom is 0.344 e. The molecule has 1 aliphatic rings. The molecule has 0 unspecified atom stereocenters. The van der Waals surface area contributed by atoms with Crippen molar-refractivity contribution in [2.45, 2.75) is 44.6 Å². The molecule has 16 heavy (non-hydrogen) atoms. The smallest absolute Gasteiger partial charge is 0.262 e. The molecular weight excluding hydrogens is 204 g/mol. The van der Waals surface area contributed by atoms with Gasteiger partial charge in [0.15, 0.2) is 0 Å². The van der Waals surface area contributed by atoms with Crippen molar-refractivity contribution in [2.75, 3.05) is 0 Å². The van der Waals surface area contributed by atoms with Gasteiger partial charge in [-0.05, 0) is 31.6 Å². The molecule has 0 spiro atoms. The molecule has 1 N–H and O–H groups in total. The first kappa shape index (κ1) is 10.9. The minimum absolute atomic E-state index is 0.281. The SMILES string of the molecule is CCC1CCC(C#N)(n2cn[nH]c2=O)CC1. The van der Waals surface area contributed by atoms with Gasteiger partial charge in [0, 0.05) is 0 Å². The van der Waals surface area contributed by atoms with Crippen LogP contribution in [-0.2, 0) is 5.54 Å². The van der Waals surface area contributed by atoms with Crippen LogP contribution in [0.1, 0.15) is 39.0 Å². The molecule has 5 nitrogen and oxygen atoms in total. The van der Waals surface area contributed by atoms with Gasteiger partial charge in [-0.15, -0.1) is 0 Å². The van der Waals surface area contributed by atoms with Crippen LogP contribution in [0.4, 0.5) is 0 Å². The number of nitrogens with zero attached hydrogens (tertiary/aromatic N) is 3. The van der Waals surface area contributed by atoms with Crippen molar-refractivity contribution in [3.63, 3.8) is 0 Å². The average Bonchev–Trinajstić information content (AvgIpc) is 2.76. The topological polar surface area (TPSA) is 74.5 Å². The second-order valence-corrected chi connectivity index (χ2v) is 4.53. The molecule has 0 atom stereocenters. The molecule has 1 aromatic heterocycles. The highest BCUT2D eigenvalue weighted by Crippen LogP contribution is 2.37. The quantitative estimate of drug-likeness (QED) is 0.818. The molecular formula is C11H16N4O. The third kappa shape index (κ3) is 1.64. The highest BCUT2D eigenvalue weighted by atomic mass is 16.1. The van der Waals surface area contributed by atoms with E-state index in [1.165, 1.54) is 10.9 Å². The van der Waals surface area contributed by atoms with E-state index in [0.29, 0.717) is 5.92 Å². The summed E-state index contributed by atoms with van der Waals surface area (Å²) in [5.41, 5.74) is -0.952. The summed E-state index contributed by atoms with van der Waals surface area (Å²) >= 11 is 0. The Morgan fingerprint density at radius 3 is 2.81 bits per heavy atom. The number of hydrogen-bond donors (Lipinski definition) is 1. The Balaban J connectivity index is 2.27. The summed E-state index contributed by atoms with van der Waals surface area (Å²) in [6.07, 6.45) is 6.13. The predicted octanol–water partition coefficient (Wildman–Crippen LogP) is 1.39. The minimum Gasteiger partial charge on any atom is -0.262 e. The summed E-state index contributed by atoms with van der Waals surface area (Å²) in [6, 6.07) is 2.31. The lowest BCUT2D eigenvalue weighted by atomic mass is 9.76. The molecule has 5 heteroatoms. The molecule has 0 radical (unpaired) electrons. The highest BCUT2D eigenvalue weighted by Gasteiger charge is 2.37. The number of hydrogen-bond acceptors (Lipinski definition) is 3. The lowest BCUT2D eigenvalue weighted by Gasteiger charge is -2.34. The predicted molar refractivity (Wildman–Crippen MR) is 58.7 cm³/mol. The molecule has 0 saturated heterocycles. The first-order valence-electron chi connectivity index (χ1n) is 5.75. The van der Waals surface area contributed by atoms with Crippen molar-refractivity contribution in [1.82, 2.24) is 14.8 Å². The van der Waals surface area contributed by atoms with Crippen LogP contribution in [0.5, 0.6) is 0 Å². The lowest BCUT2D eigenvalue weighted by molar-refractivity contribution is 0.204. The van der Waals surface area contributed by atoms with E-state index in [1.54, 1.807) is 0 Å². The van der Waals surface area contributed by atoms with Gasteiger partial charge >= 0.3 is 5.69 Å². The highest BCUT2D eigenvalue weighted by molar-refractivity contribution is 5.07. The zero-order valence-electron chi connectivity index (χ0n) is 9.44. The van der Waals surface area contributed by atoms with E-state index in [2.05, 4.69) is 23.2 Å². The van der Waals surface area contributed by atoms with Gasteiger partial charge in [-0.25, -0.2) is 9.89 Å². The normalized spacial score (nSPS) is 29.9. The summed E-state index contributed by atoms with van der Waals surface area (Å²) in [5.74, 6) is 0.698. The number of aromatic nitrogens is 3. The molecule has 86 valence electrons. The number of nitriles is 1. The molecule has 1 heterocycles. The van der Waals surface area contributed by atoms with E-state index >= 15 is 0 Å². The molecule has 1 fully saturated rings. The van der Waals surface area contributed by atoms with E-state index in [4.69, 9.17) is 0 Å². The number of nitrogens with one attached hydrogen (secondary N) is 1. The molecule has 0 aliphatic heterocycles. The maximum atomic E-state index is 11.5. The van der Waals surface area contributed by atoms with Crippen LogP contribution in [0.2, 0.25) is 0 Å². The van der Waals surface area contributed by atoms with Crippen LogP contribution in [0.15, 0.2) is 11.1 Å². The van der Waals surface area contributed by atoms with Crippen LogP contribution >= 0.6 is 0 Å². The summed E-state index contributed by atoms with van der Waals surface area (Å²) in [7, 11) is 0. The molecule has 0 bridgehead atoms. The van der Waals surface area contributed by atoms with Crippen molar-refractivity contribution in [1.29, 1.82) is 5.26 Å². The Hall–Kier alpha value is -1.57. The molecule has 1 aliphatic carbocycles. The van der Waals surface area contributed by atoms with E-state index in [0.717, 1.165) is 32.1 Å². The van der Waals surface area contributed by atoms with Crippen LogP contribution < -0.4 is 5.69 Å². The molecule has 2 rings (SSSR count). The van der Waals surface area contributed by atoms with Crippen LogP contribution in [0, 0.1) is 17.2 Å². The van der Waals surface area contributed by atoms with Crippen molar-refractivity contribution >= 4 is 0 Å². The molecule has 1 aromatic rings. The monoisotopic (exact) mass is 220 g/mol. The number of rotatable bonds is 2. The van der Waals surface area contributed by atoms with E-state index in [-0.39, 0.29) is 5.69 Å². The van der Waals surface area contributed by atoms with Gasteiger partial charge in [0.05, 0.1) is 6.07 Å². The zero-order valence-corrected chi connectivity index (χ0v) is 9.44. The van der Waals surface area contributed by atoms with Crippen LogP contribution in [0.25, 0.3) is 0 Å². The zero-order chi connectivity index (χ0) is 11.6. The largest absolute Gasteiger partial charge is 0.344 e. The van der Waals surface area contributed by atoms with Crippen molar-refractivity contribution in [3.05, 3.63) is 16.8 Å². The number of aromatic amines is 1. The molecule has 0 amide bonds. The van der Waals surface area contributed by atoms with Crippen molar-refractivity contribution in [2.24, 2.45) is 5.92 Å². The van der Waals surface area contributed by atoms with Crippen LogP contribution in [0.3, 0.4) is 0 Å². The summed E-state index contributed by atoms with van der Waals surface area (Å²) < 4.78 is 1.46. The fraction of sp³-hybridized carbons (Fsp3) is 0.727. The Labute approximate surface area is 94.1 Å². The molecule has 1 saturated carbocycles. The van der Waals surface area contributed by atoms with E-state index in [9.17, 15) is 10.1 Å². The van der Waals surface area contributed by atoms with Crippen LogP contribution in [-0.4, -0.2) is 14.8 Å². The van der Waals surface area contributed by atoms with Gasteiger partial charge in [-0.3, -0.25) is 4.57 Å². The Bertz CT molecular complexity index is 445. The van der Waals surface area contributed by atoms with E-state index < -0.39 is 5.54 Å². The minimum atomic E-state index is -0.671. The summed E-state index contributed by atoms with van der Waals surface area (Å²) in [5, 5.41) is 15.4. The average molecular weight is 220 g/mol. The van der Waals surface area contributed by atoms with Crippen molar-refractivity contribution in [3.8, 4) is 6.07 Å². The van der Waals surface area contributed by atoms with Gasteiger partial charge < -0.3 is 0 Å². The maximum absolute atomic E-state index is 11.5. The Kier molecular flexibility index (Phi) is 2.82. The third-order valence-electron chi connectivity index (χ3n) is 3.73. The Morgan fingerprint density at radius 1 is 1.69 bits per heavy atom. The van der Waals surface area contributed by atoms with Crippen molar-refractivity contribution < 1.29 is 0 Å². The number of H-pyrrole nitrogens is 1. The molecule has 0 aromatic carbocycles. The van der Waals surface area contributed by atoms with Gasteiger partial charge in [-0.1, -0.05) is 13.3 Å². The van der Waals surface area contributed by atoms with Gasteiger partial charge in [0.25, 0.3) is 0 Å².